The molecule has 0 spiro atoms. The third-order valence-corrected chi connectivity index (χ3v) is 3.25. The van der Waals surface area contributed by atoms with Crippen molar-refractivity contribution in [3.63, 3.8) is 0 Å². The molecule has 0 aliphatic carbocycles. The van der Waals surface area contributed by atoms with Crippen molar-refractivity contribution in [2.24, 2.45) is 0 Å². The van der Waals surface area contributed by atoms with Gasteiger partial charge in [0.15, 0.2) is 0 Å². The van der Waals surface area contributed by atoms with Crippen LogP contribution in [0.2, 0.25) is 0 Å². The van der Waals surface area contributed by atoms with Gasteiger partial charge in [0.1, 0.15) is 29.2 Å². The number of hydrogen-bond acceptors (Lipinski definition) is 5. The van der Waals surface area contributed by atoms with Crippen molar-refractivity contribution in [2.75, 3.05) is 17.2 Å². The van der Waals surface area contributed by atoms with Gasteiger partial charge in [0.25, 0.3) is 5.91 Å². The van der Waals surface area contributed by atoms with Crippen LogP contribution in [0.1, 0.15) is 16.1 Å². The van der Waals surface area contributed by atoms with Gasteiger partial charge < -0.3 is 10.6 Å². The molecule has 0 fully saturated rings. The quantitative estimate of drug-likeness (QED) is 0.546. The van der Waals surface area contributed by atoms with Crippen LogP contribution in [0.5, 0.6) is 0 Å². The fourth-order valence-corrected chi connectivity index (χ4v) is 1.94. The molecule has 0 radical (unpaired) electrons. The number of nitrogens with zero attached hydrogens (tertiary/aromatic N) is 3. The predicted octanol–water partition coefficient (Wildman–Crippen LogP) is 4.15. The van der Waals surface area contributed by atoms with E-state index < -0.39 is 23.6 Å². The van der Waals surface area contributed by atoms with Crippen molar-refractivity contribution >= 4 is 17.4 Å². The zero-order valence-electron chi connectivity index (χ0n) is 14.4. The first-order valence-corrected chi connectivity index (χ1v) is 7.75. The number of anilines is 2. The number of hydrogen-bond donors (Lipinski definition) is 2. The van der Waals surface area contributed by atoms with E-state index in [2.05, 4.69) is 38.7 Å². The Bertz CT molecular complexity index is 907. The van der Waals surface area contributed by atoms with Crippen molar-refractivity contribution in [3.05, 3.63) is 78.8 Å². The van der Waals surface area contributed by atoms with Gasteiger partial charge in [-0.2, -0.15) is 13.2 Å². The number of halogens is 4. The smallest absolute Gasteiger partial charge is 0.365 e. The van der Waals surface area contributed by atoms with E-state index in [0.717, 1.165) is 24.4 Å². The van der Waals surface area contributed by atoms with Crippen LogP contribution < -0.4 is 10.6 Å². The Morgan fingerprint density at radius 3 is 2.50 bits per heavy atom. The SMILES string of the molecule is C=C(F)/C=C\C(=C)CNc1ncncc1C(=O)Nc1ccc(C(F)(F)F)nc1. The predicted molar refractivity (Wildman–Crippen MR) is 96.2 cm³/mol. The highest BCUT2D eigenvalue weighted by molar-refractivity contribution is 6.07. The maximum absolute atomic E-state index is 12.6. The lowest BCUT2D eigenvalue weighted by Crippen LogP contribution is -2.17. The van der Waals surface area contributed by atoms with Crippen LogP contribution in [0.15, 0.2) is 67.6 Å². The molecule has 2 rings (SSSR count). The minimum absolute atomic E-state index is 0.0501. The second-order valence-electron chi connectivity index (χ2n) is 5.46. The van der Waals surface area contributed by atoms with E-state index in [0.29, 0.717) is 5.57 Å². The summed E-state index contributed by atoms with van der Waals surface area (Å²) in [7, 11) is 0. The molecule has 28 heavy (non-hydrogen) atoms. The number of amides is 1. The van der Waals surface area contributed by atoms with Gasteiger partial charge in [-0.1, -0.05) is 19.2 Å². The molecule has 0 bridgehead atoms. The summed E-state index contributed by atoms with van der Waals surface area (Å²) in [6.45, 7) is 6.95. The summed E-state index contributed by atoms with van der Waals surface area (Å²) in [5.74, 6) is -1.11. The zero-order valence-corrected chi connectivity index (χ0v) is 14.4. The molecule has 146 valence electrons. The van der Waals surface area contributed by atoms with Gasteiger partial charge in [-0.3, -0.25) is 4.79 Å². The molecule has 2 aromatic rings. The lowest BCUT2D eigenvalue weighted by Gasteiger charge is -2.11. The molecular formula is C18H15F4N5O. The molecule has 2 N–H and O–H groups in total. The standard InChI is InChI=1S/C18H15F4N5O/c1-11(3-4-12(2)19)7-25-16-14(9-23-10-26-16)17(28)27-13-5-6-15(24-8-13)18(20,21)22/h3-6,8-10H,1-2,7H2,(H,27,28)(H,23,25,26)/b4-3-. The summed E-state index contributed by atoms with van der Waals surface area (Å²) < 4.78 is 50.2. The summed E-state index contributed by atoms with van der Waals surface area (Å²) in [4.78, 5) is 23.4. The van der Waals surface area contributed by atoms with E-state index in [1.165, 1.54) is 18.6 Å². The summed E-state index contributed by atoms with van der Waals surface area (Å²) >= 11 is 0. The number of carbonyl (C=O) groups excluding carboxylic acids is 1. The highest BCUT2D eigenvalue weighted by Gasteiger charge is 2.32. The Morgan fingerprint density at radius 1 is 1.14 bits per heavy atom. The van der Waals surface area contributed by atoms with Crippen LogP contribution in [-0.2, 0) is 6.18 Å². The summed E-state index contributed by atoms with van der Waals surface area (Å²) in [5.41, 5.74) is -0.454. The van der Waals surface area contributed by atoms with Gasteiger partial charge in [-0.15, -0.1) is 0 Å². The normalized spacial score (nSPS) is 11.3. The number of rotatable bonds is 7. The lowest BCUT2D eigenvalue weighted by molar-refractivity contribution is -0.141. The minimum atomic E-state index is -4.57. The number of alkyl halides is 3. The Kier molecular flexibility index (Phi) is 6.59. The van der Waals surface area contributed by atoms with E-state index in [1.807, 2.05) is 0 Å². The maximum atomic E-state index is 12.6. The van der Waals surface area contributed by atoms with Crippen LogP contribution >= 0.6 is 0 Å². The van der Waals surface area contributed by atoms with E-state index in [1.54, 1.807) is 0 Å². The fourth-order valence-electron chi connectivity index (χ4n) is 1.94. The van der Waals surface area contributed by atoms with Crippen molar-refractivity contribution in [3.8, 4) is 0 Å². The van der Waals surface area contributed by atoms with Gasteiger partial charge in [0.2, 0.25) is 0 Å². The van der Waals surface area contributed by atoms with Crippen LogP contribution in [-0.4, -0.2) is 27.4 Å². The Hall–Kier alpha value is -3.56. The Balaban J connectivity index is 2.08. The zero-order chi connectivity index (χ0) is 20.7. The number of allylic oxidation sites excluding steroid dienone is 2. The molecule has 10 heteroatoms. The highest BCUT2D eigenvalue weighted by atomic mass is 19.4. The van der Waals surface area contributed by atoms with Crippen LogP contribution in [0.3, 0.4) is 0 Å². The molecule has 2 aromatic heterocycles. The molecule has 0 unspecified atom stereocenters. The first kappa shape index (κ1) is 20.7. The number of aromatic nitrogens is 3. The lowest BCUT2D eigenvalue weighted by atomic mass is 10.2. The third-order valence-electron chi connectivity index (χ3n) is 3.25. The first-order chi connectivity index (χ1) is 13.2. The first-order valence-electron chi connectivity index (χ1n) is 7.75. The van der Waals surface area contributed by atoms with Crippen LogP contribution in [0.25, 0.3) is 0 Å². The molecule has 0 atom stereocenters. The number of nitrogens with one attached hydrogen (secondary N) is 2. The van der Waals surface area contributed by atoms with Crippen molar-refractivity contribution in [1.29, 1.82) is 0 Å². The second-order valence-corrected chi connectivity index (χ2v) is 5.46. The Morgan fingerprint density at radius 2 is 1.89 bits per heavy atom. The van der Waals surface area contributed by atoms with Crippen molar-refractivity contribution < 1.29 is 22.4 Å². The van der Waals surface area contributed by atoms with Crippen LogP contribution in [0, 0.1) is 0 Å². The van der Waals surface area contributed by atoms with E-state index >= 15 is 0 Å². The third kappa shape index (κ3) is 6.01. The van der Waals surface area contributed by atoms with Gasteiger partial charge in [0.05, 0.1) is 11.9 Å². The minimum Gasteiger partial charge on any atom is -0.365 e. The fraction of sp³-hybridized carbons (Fsp3) is 0.111. The van der Waals surface area contributed by atoms with Gasteiger partial charge >= 0.3 is 6.18 Å². The number of carbonyl (C=O) groups is 1. The molecule has 1 amide bonds. The molecule has 0 saturated carbocycles. The van der Waals surface area contributed by atoms with Crippen molar-refractivity contribution in [1.82, 2.24) is 15.0 Å². The maximum Gasteiger partial charge on any atom is 0.433 e. The Labute approximate surface area is 157 Å². The highest BCUT2D eigenvalue weighted by Crippen LogP contribution is 2.28. The van der Waals surface area contributed by atoms with Gasteiger partial charge in [-0.05, 0) is 23.8 Å². The topological polar surface area (TPSA) is 79.8 Å². The summed E-state index contributed by atoms with van der Waals surface area (Å²) in [5, 5.41) is 5.27. The molecule has 0 aliphatic heterocycles. The van der Waals surface area contributed by atoms with E-state index in [9.17, 15) is 22.4 Å². The molecule has 0 aliphatic rings. The average molecular weight is 393 g/mol. The molecule has 0 aromatic carbocycles. The van der Waals surface area contributed by atoms with Crippen molar-refractivity contribution in [2.45, 2.75) is 6.18 Å². The monoisotopic (exact) mass is 393 g/mol. The molecule has 2 heterocycles. The van der Waals surface area contributed by atoms with E-state index in [4.69, 9.17) is 0 Å². The molecule has 0 saturated heterocycles. The van der Waals surface area contributed by atoms with Crippen LogP contribution in [0.4, 0.5) is 29.1 Å². The summed E-state index contributed by atoms with van der Waals surface area (Å²) in [6.07, 6.45) is 1.32. The number of pyridine rings is 1. The second kappa shape index (κ2) is 8.89. The van der Waals surface area contributed by atoms with Gasteiger partial charge in [0, 0.05) is 12.7 Å². The molecular weight excluding hydrogens is 378 g/mol. The average Bonchev–Trinajstić information content (AvgIpc) is 2.64. The summed E-state index contributed by atoms with van der Waals surface area (Å²) in [6, 6.07) is 1.84. The molecule has 6 nitrogen and oxygen atoms in total. The largest absolute Gasteiger partial charge is 0.433 e. The van der Waals surface area contributed by atoms with Gasteiger partial charge in [-0.25, -0.2) is 19.3 Å². The van der Waals surface area contributed by atoms with E-state index in [-0.39, 0.29) is 23.6 Å².